The Bertz CT molecular complexity index is 605. The standard InChI is InChI=1S/C13H14ClF2N3OS/c14-8-3-4-9(15)7(10(8)16)5-19-13(20)12(21-18)11(17)6-1-2-6/h3-4,6H,1-2,5,17-18H2,(H,19,20)/b12-11-. The van der Waals surface area contributed by atoms with E-state index < -0.39 is 17.5 Å². The molecule has 0 saturated heterocycles. The lowest BCUT2D eigenvalue weighted by Crippen LogP contribution is -2.27. The second-order valence-corrected chi connectivity index (χ2v) is 5.73. The predicted octanol–water partition coefficient (Wildman–Crippen LogP) is 2.42. The number of benzene rings is 1. The molecular formula is C13H14ClF2N3OS. The summed E-state index contributed by atoms with van der Waals surface area (Å²) in [6.07, 6.45) is 1.83. The van der Waals surface area contributed by atoms with Crippen molar-refractivity contribution in [2.75, 3.05) is 0 Å². The van der Waals surface area contributed by atoms with Crippen molar-refractivity contribution in [3.63, 3.8) is 0 Å². The molecule has 1 saturated carbocycles. The number of nitrogens with two attached hydrogens (primary N) is 2. The molecule has 8 heteroatoms. The van der Waals surface area contributed by atoms with Gasteiger partial charge < -0.3 is 11.1 Å². The molecule has 0 heterocycles. The molecule has 1 aromatic carbocycles. The largest absolute Gasteiger partial charge is 0.401 e. The van der Waals surface area contributed by atoms with Crippen molar-refractivity contribution in [1.29, 1.82) is 0 Å². The zero-order chi connectivity index (χ0) is 15.6. The molecule has 0 aromatic heterocycles. The number of allylic oxidation sites excluding steroid dienone is 1. The van der Waals surface area contributed by atoms with E-state index in [0.29, 0.717) is 5.70 Å². The minimum Gasteiger partial charge on any atom is -0.401 e. The van der Waals surface area contributed by atoms with Crippen LogP contribution in [-0.4, -0.2) is 5.91 Å². The quantitative estimate of drug-likeness (QED) is 0.439. The van der Waals surface area contributed by atoms with Crippen molar-refractivity contribution in [2.45, 2.75) is 19.4 Å². The summed E-state index contributed by atoms with van der Waals surface area (Å²) in [7, 11) is 0. The summed E-state index contributed by atoms with van der Waals surface area (Å²) in [6, 6.07) is 2.16. The third kappa shape index (κ3) is 3.66. The molecule has 1 amide bonds. The maximum absolute atomic E-state index is 13.7. The number of hydrogen-bond acceptors (Lipinski definition) is 4. The first-order chi connectivity index (χ1) is 9.95. The monoisotopic (exact) mass is 333 g/mol. The third-order valence-electron chi connectivity index (χ3n) is 3.17. The number of carbonyl (C=O) groups is 1. The number of rotatable bonds is 5. The lowest BCUT2D eigenvalue weighted by Gasteiger charge is -2.11. The molecule has 4 nitrogen and oxygen atoms in total. The van der Waals surface area contributed by atoms with Crippen LogP contribution in [0.2, 0.25) is 5.02 Å². The van der Waals surface area contributed by atoms with E-state index in [2.05, 4.69) is 5.32 Å². The summed E-state index contributed by atoms with van der Waals surface area (Å²) in [4.78, 5) is 12.2. The van der Waals surface area contributed by atoms with Crippen LogP contribution in [-0.2, 0) is 11.3 Å². The van der Waals surface area contributed by atoms with Crippen molar-refractivity contribution in [1.82, 2.24) is 5.32 Å². The van der Waals surface area contributed by atoms with Gasteiger partial charge >= 0.3 is 0 Å². The fourth-order valence-corrected chi connectivity index (χ4v) is 2.47. The molecule has 114 valence electrons. The molecule has 0 spiro atoms. The smallest absolute Gasteiger partial charge is 0.261 e. The molecule has 0 atom stereocenters. The summed E-state index contributed by atoms with van der Waals surface area (Å²) in [5, 5.41) is 7.64. The highest BCUT2D eigenvalue weighted by Gasteiger charge is 2.29. The van der Waals surface area contributed by atoms with E-state index in [0.717, 1.165) is 36.9 Å². The van der Waals surface area contributed by atoms with Gasteiger partial charge in [0.15, 0.2) is 0 Å². The molecule has 0 unspecified atom stereocenters. The Morgan fingerprint density at radius 1 is 1.43 bits per heavy atom. The van der Waals surface area contributed by atoms with Gasteiger partial charge in [0.1, 0.15) is 16.5 Å². The second-order valence-electron chi connectivity index (χ2n) is 4.68. The van der Waals surface area contributed by atoms with Crippen LogP contribution in [0.1, 0.15) is 18.4 Å². The van der Waals surface area contributed by atoms with Crippen LogP contribution in [0.4, 0.5) is 8.78 Å². The minimum absolute atomic E-state index is 0.168. The zero-order valence-corrected chi connectivity index (χ0v) is 12.5. The van der Waals surface area contributed by atoms with E-state index in [1.165, 1.54) is 0 Å². The fraction of sp³-hybridized carbons (Fsp3) is 0.308. The fourth-order valence-electron chi connectivity index (χ4n) is 1.81. The molecule has 21 heavy (non-hydrogen) atoms. The lowest BCUT2D eigenvalue weighted by atomic mass is 10.2. The van der Waals surface area contributed by atoms with Gasteiger partial charge in [-0.05, 0) is 42.8 Å². The van der Waals surface area contributed by atoms with Crippen molar-refractivity contribution in [2.24, 2.45) is 16.8 Å². The average molecular weight is 334 g/mol. The Kier molecular flexibility index (Phi) is 5.08. The molecular weight excluding hydrogens is 320 g/mol. The van der Waals surface area contributed by atoms with Crippen LogP contribution in [0, 0.1) is 17.6 Å². The van der Waals surface area contributed by atoms with Crippen LogP contribution in [0.15, 0.2) is 22.7 Å². The summed E-state index contributed by atoms with van der Waals surface area (Å²) in [5.41, 5.74) is 5.96. The molecule has 0 aliphatic heterocycles. The van der Waals surface area contributed by atoms with E-state index in [1.54, 1.807) is 0 Å². The van der Waals surface area contributed by atoms with Gasteiger partial charge in [-0.2, -0.15) is 0 Å². The number of hydrogen-bond donors (Lipinski definition) is 3. The topological polar surface area (TPSA) is 81.1 Å². The Hall–Kier alpha value is -1.31. The number of halogens is 3. The van der Waals surface area contributed by atoms with E-state index >= 15 is 0 Å². The highest BCUT2D eigenvalue weighted by atomic mass is 35.5. The second kappa shape index (κ2) is 6.64. The predicted molar refractivity (Wildman–Crippen MR) is 78.9 cm³/mol. The first-order valence-electron chi connectivity index (χ1n) is 6.22. The van der Waals surface area contributed by atoms with Crippen molar-refractivity contribution >= 4 is 29.5 Å². The Morgan fingerprint density at radius 3 is 2.67 bits per heavy atom. The average Bonchev–Trinajstić information content (AvgIpc) is 3.28. The first kappa shape index (κ1) is 16.1. The van der Waals surface area contributed by atoms with E-state index in [1.807, 2.05) is 0 Å². The lowest BCUT2D eigenvalue weighted by molar-refractivity contribution is -0.117. The Morgan fingerprint density at radius 2 is 2.10 bits per heavy atom. The number of carbonyl (C=O) groups excluding carboxylic acids is 1. The van der Waals surface area contributed by atoms with Crippen LogP contribution < -0.4 is 16.2 Å². The van der Waals surface area contributed by atoms with E-state index in [-0.39, 0.29) is 28.0 Å². The molecule has 1 aliphatic carbocycles. The normalized spacial score (nSPS) is 15.6. The first-order valence-corrected chi connectivity index (χ1v) is 7.48. The SMILES string of the molecule is NS/C(C(=O)NCc1c(F)ccc(Cl)c1F)=C(\N)C1CC1. The van der Waals surface area contributed by atoms with Gasteiger partial charge in [-0.15, -0.1) is 0 Å². The van der Waals surface area contributed by atoms with Gasteiger partial charge in [-0.3, -0.25) is 9.93 Å². The summed E-state index contributed by atoms with van der Waals surface area (Å²) < 4.78 is 27.2. The molecule has 1 aliphatic rings. The van der Waals surface area contributed by atoms with Crippen molar-refractivity contribution in [3.05, 3.63) is 45.0 Å². The third-order valence-corrected chi connectivity index (χ3v) is 4.12. The maximum atomic E-state index is 13.7. The highest BCUT2D eigenvalue weighted by Crippen LogP contribution is 2.36. The van der Waals surface area contributed by atoms with E-state index in [9.17, 15) is 13.6 Å². The minimum atomic E-state index is -0.891. The Balaban J connectivity index is 2.11. The van der Waals surface area contributed by atoms with Gasteiger partial charge in [0.25, 0.3) is 5.91 Å². The van der Waals surface area contributed by atoms with Crippen LogP contribution in [0.3, 0.4) is 0 Å². The summed E-state index contributed by atoms with van der Waals surface area (Å²) >= 11 is 6.31. The highest BCUT2D eigenvalue weighted by molar-refractivity contribution is 8.01. The Labute approximate surface area is 130 Å². The van der Waals surface area contributed by atoms with Crippen molar-refractivity contribution < 1.29 is 13.6 Å². The zero-order valence-electron chi connectivity index (χ0n) is 11.0. The molecule has 0 radical (unpaired) electrons. The molecule has 2 rings (SSSR count). The number of amides is 1. The van der Waals surface area contributed by atoms with Gasteiger partial charge in [0.2, 0.25) is 0 Å². The van der Waals surface area contributed by atoms with Crippen LogP contribution >= 0.6 is 23.5 Å². The molecule has 5 N–H and O–H groups in total. The van der Waals surface area contributed by atoms with Gasteiger partial charge in [-0.25, -0.2) is 8.78 Å². The van der Waals surface area contributed by atoms with Crippen LogP contribution in [0.25, 0.3) is 0 Å². The van der Waals surface area contributed by atoms with Crippen molar-refractivity contribution in [3.8, 4) is 0 Å². The van der Waals surface area contributed by atoms with Gasteiger partial charge in [-0.1, -0.05) is 11.6 Å². The maximum Gasteiger partial charge on any atom is 0.261 e. The van der Waals surface area contributed by atoms with Gasteiger partial charge in [0, 0.05) is 17.8 Å². The van der Waals surface area contributed by atoms with Crippen LogP contribution in [0.5, 0.6) is 0 Å². The van der Waals surface area contributed by atoms with Gasteiger partial charge in [0.05, 0.1) is 5.02 Å². The summed E-state index contributed by atoms with van der Waals surface area (Å²) in [6.45, 7) is -0.334. The molecule has 1 aromatic rings. The summed E-state index contributed by atoms with van der Waals surface area (Å²) in [5.74, 6) is -2.05. The number of nitrogens with one attached hydrogen (secondary N) is 1. The molecule has 0 bridgehead atoms. The molecule has 1 fully saturated rings. The van der Waals surface area contributed by atoms with E-state index in [4.69, 9.17) is 22.5 Å².